The van der Waals surface area contributed by atoms with Crippen LogP contribution in [0, 0.1) is 5.82 Å². The first-order chi connectivity index (χ1) is 10.0. The zero-order valence-corrected chi connectivity index (χ0v) is 12.1. The van der Waals surface area contributed by atoms with E-state index in [1.165, 1.54) is 12.1 Å². The average molecular weight is 287 g/mol. The molecule has 0 radical (unpaired) electrons. The van der Waals surface area contributed by atoms with E-state index in [1.807, 2.05) is 13.8 Å². The number of rotatable bonds is 5. The maximum absolute atomic E-state index is 12.8. The zero-order chi connectivity index (χ0) is 15.2. The Morgan fingerprint density at radius 1 is 1.10 bits per heavy atom. The van der Waals surface area contributed by atoms with Gasteiger partial charge < -0.3 is 10.1 Å². The molecule has 0 spiro atoms. The minimum atomic E-state index is -0.286. The molecule has 2 aromatic rings. The summed E-state index contributed by atoms with van der Waals surface area (Å²) >= 11 is 0. The highest BCUT2D eigenvalue weighted by atomic mass is 19.1. The number of ether oxygens (including phenoxy) is 1. The van der Waals surface area contributed by atoms with Gasteiger partial charge in [-0.25, -0.2) is 4.39 Å². The summed E-state index contributed by atoms with van der Waals surface area (Å²) in [5, 5.41) is 2.79. The van der Waals surface area contributed by atoms with E-state index in [-0.39, 0.29) is 17.8 Å². The highest BCUT2D eigenvalue weighted by molar-refractivity contribution is 5.94. The van der Waals surface area contributed by atoms with Crippen LogP contribution in [-0.4, -0.2) is 12.0 Å². The largest absolute Gasteiger partial charge is 0.491 e. The van der Waals surface area contributed by atoms with Gasteiger partial charge in [0.1, 0.15) is 11.6 Å². The average Bonchev–Trinajstić information content (AvgIpc) is 2.46. The molecule has 0 aliphatic carbocycles. The summed E-state index contributed by atoms with van der Waals surface area (Å²) in [5.74, 6) is 0.279. The third-order valence-corrected chi connectivity index (χ3v) is 2.85. The fourth-order valence-corrected chi connectivity index (χ4v) is 1.84. The van der Waals surface area contributed by atoms with Gasteiger partial charge in [0.15, 0.2) is 0 Å². The third kappa shape index (κ3) is 4.60. The van der Waals surface area contributed by atoms with E-state index < -0.39 is 0 Å². The molecule has 0 saturated carbocycles. The summed E-state index contributed by atoms with van der Waals surface area (Å²) in [6.07, 6.45) is 0.100. The van der Waals surface area contributed by atoms with Crippen LogP contribution in [0.15, 0.2) is 48.5 Å². The van der Waals surface area contributed by atoms with Gasteiger partial charge in [0.05, 0.1) is 6.10 Å². The highest BCUT2D eigenvalue weighted by Crippen LogP contribution is 2.14. The molecular formula is C17H18FNO2. The van der Waals surface area contributed by atoms with E-state index in [0.29, 0.717) is 12.1 Å². The molecule has 2 rings (SSSR count). The summed E-state index contributed by atoms with van der Waals surface area (Å²) in [6, 6.07) is 13.0. The second-order valence-electron chi connectivity index (χ2n) is 5.00. The lowest BCUT2D eigenvalue weighted by Crippen LogP contribution is -2.22. The molecule has 0 unspecified atom stereocenters. The van der Waals surface area contributed by atoms with Gasteiger partial charge in [-0.2, -0.15) is 0 Å². The van der Waals surface area contributed by atoms with Crippen LogP contribution in [0.25, 0.3) is 0 Å². The van der Waals surface area contributed by atoms with Crippen molar-refractivity contribution in [1.29, 1.82) is 0 Å². The fourth-order valence-electron chi connectivity index (χ4n) is 1.84. The van der Waals surface area contributed by atoms with Crippen LogP contribution < -0.4 is 10.1 Å². The van der Waals surface area contributed by atoms with E-state index in [9.17, 15) is 9.18 Å². The lowest BCUT2D eigenvalue weighted by Gasteiger charge is -2.10. The smallest absolute Gasteiger partial charge is 0.251 e. The van der Waals surface area contributed by atoms with E-state index >= 15 is 0 Å². The van der Waals surface area contributed by atoms with Crippen molar-refractivity contribution in [3.63, 3.8) is 0 Å². The molecule has 1 amide bonds. The van der Waals surface area contributed by atoms with Crippen LogP contribution in [-0.2, 0) is 6.54 Å². The van der Waals surface area contributed by atoms with Gasteiger partial charge in [0.25, 0.3) is 5.91 Å². The Bertz CT molecular complexity index is 591. The predicted octanol–water partition coefficient (Wildman–Crippen LogP) is 3.54. The Kier molecular flexibility index (Phi) is 4.93. The second kappa shape index (κ2) is 6.88. The summed E-state index contributed by atoms with van der Waals surface area (Å²) in [6.45, 7) is 4.26. The van der Waals surface area contributed by atoms with Crippen molar-refractivity contribution >= 4 is 5.91 Å². The molecule has 0 heterocycles. The molecule has 0 saturated heterocycles. The Labute approximate surface area is 123 Å². The number of hydrogen-bond donors (Lipinski definition) is 1. The minimum absolute atomic E-state index is 0.100. The first-order valence-electron chi connectivity index (χ1n) is 6.84. The van der Waals surface area contributed by atoms with Crippen molar-refractivity contribution in [2.24, 2.45) is 0 Å². The Hall–Kier alpha value is -2.36. The molecular weight excluding hydrogens is 269 g/mol. The molecule has 0 aromatic heterocycles. The molecule has 2 aromatic carbocycles. The van der Waals surface area contributed by atoms with E-state index in [2.05, 4.69) is 5.32 Å². The maximum Gasteiger partial charge on any atom is 0.251 e. The molecule has 0 fully saturated rings. The highest BCUT2D eigenvalue weighted by Gasteiger charge is 2.06. The third-order valence-electron chi connectivity index (χ3n) is 2.85. The van der Waals surface area contributed by atoms with Gasteiger partial charge >= 0.3 is 0 Å². The summed E-state index contributed by atoms with van der Waals surface area (Å²) in [4.78, 5) is 12.0. The van der Waals surface area contributed by atoms with Crippen molar-refractivity contribution < 1.29 is 13.9 Å². The molecule has 21 heavy (non-hydrogen) atoms. The van der Waals surface area contributed by atoms with Crippen LogP contribution in [0.4, 0.5) is 4.39 Å². The van der Waals surface area contributed by atoms with Gasteiger partial charge in [-0.05, 0) is 55.8 Å². The lowest BCUT2D eigenvalue weighted by atomic mass is 10.2. The molecule has 1 N–H and O–H groups in total. The fraction of sp³-hybridized carbons (Fsp3) is 0.235. The number of halogens is 1. The Morgan fingerprint density at radius 3 is 2.29 bits per heavy atom. The molecule has 4 heteroatoms. The van der Waals surface area contributed by atoms with Crippen molar-refractivity contribution in [2.75, 3.05) is 0 Å². The summed E-state index contributed by atoms with van der Waals surface area (Å²) in [7, 11) is 0. The van der Waals surface area contributed by atoms with Crippen LogP contribution in [0.1, 0.15) is 29.8 Å². The van der Waals surface area contributed by atoms with E-state index in [0.717, 1.165) is 11.3 Å². The second-order valence-corrected chi connectivity index (χ2v) is 5.00. The first kappa shape index (κ1) is 15.0. The molecule has 110 valence electrons. The van der Waals surface area contributed by atoms with Crippen molar-refractivity contribution in [3.8, 4) is 5.75 Å². The zero-order valence-electron chi connectivity index (χ0n) is 12.1. The number of hydrogen-bond acceptors (Lipinski definition) is 2. The minimum Gasteiger partial charge on any atom is -0.491 e. The maximum atomic E-state index is 12.8. The molecule has 0 aliphatic rings. The SMILES string of the molecule is CC(C)Oc1ccc(C(=O)NCc2ccc(F)cc2)cc1. The van der Waals surface area contributed by atoms with Crippen LogP contribution in [0.2, 0.25) is 0 Å². The molecule has 0 aliphatic heterocycles. The lowest BCUT2D eigenvalue weighted by molar-refractivity contribution is 0.0951. The summed E-state index contributed by atoms with van der Waals surface area (Å²) < 4.78 is 18.3. The molecule has 0 bridgehead atoms. The number of benzene rings is 2. The number of amides is 1. The van der Waals surface area contributed by atoms with Crippen molar-refractivity contribution in [2.45, 2.75) is 26.5 Å². The monoisotopic (exact) mass is 287 g/mol. The van der Waals surface area contributed by atoms with Gasteiger partial charge in [0, 0.05) is 12.1 Å². The van der Waals surface area contributed by atoms with Crippen LogP contribution in [0.5, 0.6) is 5.75 Å². The topological polar surface area (TPSA) is 38.3 Å². The number of carbonyl (C=O) groups excluding carboxylic acids is 1. The van der Waals surface area contributed by atoms with Gasteiger partial charge in [0.2, 0.25) is 0 Å². The normalized spacial score (nSPS) is 10.5. The summed E-state index contributed by atoms with van der Waals surface area (Å²) in [5.41, 5.74) is 1.41. The van der Waals surface area contributed by atoms with E-state index in [1.54, 1.807) is 36.4 Å². The Morgan fingerprint density at radius 2 is 1.71 bits per heavy atom. The van der Waals surface area contributed by atoms with Gasteiger partial charge in [-0.15, -0.1) is 0 Å². The Balaban J connectivity index is 1.92. The standard InChI is InChI=1S/C17H18FNO2/c1-12(2)21-16-9-5-14(6-10-16)17(20)19-11-13-3-7-15(18)8-4-13/h3-10,12H,11H2,1-2H3,(H,19,20). The first-order valence-corrected chi connectivity index (χ1v) is 6.84. The van der Waals surface area contributed by atoms with Gasteiger partial charge in [-0.1, -0.05) is 12.1 Å². The quantitative estimate of drug-likeness (QED) is 0.913. The van der Waals surface area contributed by atoms with Crippen molar-refractivity contribution in [1.82, 2.24) is 5.32 Å². The van der Waals surface area contributed by atoms with Crippen molar-refractivity contribution in [3.05, 3.63) is 65.5 Å². The molecule has 0 atom stereocenters. The van der Waals surface area contributed by atoms with Crippen LogP contribution in [0.3, 0.4) is 0 Å². The number of carbonyl (C=O) groups is 1. The number of nitrogens with one attached hydrogen (secondary N) is 1. The van der Waals surface area contributed by atoms with Crippen LogP contribution >= 0.6 is 0 Å². The predicted molar refractivity (Wildman–Crippen MR) is 79.8 cm³/mol. The van der Waals surface area contributed by atoms with Gasteiger partial charge in [-0.3, -0.25) is 4.79 Å². The van der Waals surface area contributed by atoms with E-state index in [4.69, 9.17) is 4.74 Å². The molecule has 3 nitrogen and oxygen atoms in total.